The first-order valence-electron chi connectivity index (χ1n) is 12.6. The summed E-state index contributed by atoms with van der Waals surface area (Å²) in [4.78, 5) is 29.8. The van der Waals surface area contributed by atoms with E-state index in [1.807, 2.05) is 19.1 Å². The van der Waals surface area contributed by atoms with Gasteiger partial charge in [-0.15, -0.1) is 0 Å². The maximum atomic E-state index is 13.3. The average molecular weight is 502 g/mol. The van der Waals surface area contributed by atoms with Crippen LogP contribution in [0.4, 0.5) is 8.78 Å². The van der Waals surface area contributed by atoms with Crippen LogP contribution in [0.25, 0.3) is 5.65 Å². The number of halogens is 2. The van der Waals surface area contributed by atoms with E-state index in [4.69, 9.17) is 0 Å². The Morgan fingerprint density at radius 3 is 2.89 bits per heavy atom. The molecule has 2 atom stereocenters. The zero-order chi connectivity index (χ0) is 25.7. The van der Waals surface area contributed by atoms with Gasteiger partial charge < -0.3 is 10.6 Å². The smallest absolute Gasteiger partial charge is 0.270 e. The van der Waals surface area contributed by atoms with Crippen LogP contribution in [0, 0.1) is 5.92 Å². The molecule has 194 valence electrons. The maximum absolute atomic E-state index is 13.3. The number of hydrogen-bond donors (Lipinski definition) is 2. The van der Waals surface area contributed by atoms with E-state index in [1.54, 1.807) is 27.7 Å². The fourth-order valence-corrected chi connectivity index (χ4v) is 4.59. The summed E-state index contributed by atoms with van der Waals surface area (Å²) in [6, 6.07) is 4.88. The molecule has 1 aliphatic rings. The van der Waals surface area contributed by atoms with Gasteiger partial charge in [0.2, 0.25) is 11.8 Å². The highest BCUT2D eigenvalue weighted by Gasteiger charge is 2.25. The highest BCUT2D eigenvalue weighted by atomic mass is 19.3. The Labute approximate surface area is 208 Å². The predicted octanol–water partition coefficient (Wildman–Crippen LogP) is 3.70. The van der Waals surface area contributed by atoms with Gasteiger partial charge >= 0.3 is 0 Å². The average Bonchev–Trinajstić information content (AvgIpc) is 3.48. The summed E-state index contributed by atoms with van der Waals surface area (Å²) in [6.45, 7) is 4.08. The van der Waals surface area contributed by atoms with Crippen LogP contribution in [0.5, 0.6) is 0 Å². The molecule has 11 heteroatoms. The highest BCUT2D eigenvalue weighted by molar-refractivity contribution is 5.92. The second kappa shape index (κ2) is 11.1. The summed E-state index contributed by atoms with van der Waals surface area (Å²) < 4.78 is 29.8. The number of unbranched alkanes of at least 4 members (excludes halogenated alkanes) is 1. The Bertz CT molecular complexity index is 1200. The van der Waals surface area contributed by atoms with Crippen LogP contribution in [-0.2, 0) is 17.8 Å². The number of imidazole rings is 1. The summed E-state index contributed by atoms with van der Waals surface area (Å²) in [7, 11) is 0. The molecule has 0 radical (unpaired) electrons. The van der Waals surface area contributed by atoms with Crippen molar-refractivity contribution < 1.29 is 18.4 Å². The molecule has 2 N–H and O–H groups in total. The number of alkyl halides is 2. The number of carbonyl (C=O) groups excluding carboxylic acids is 2. The van der Waals surface area contributed by atoms with Gasteiger partial charge in [-0.25, -0.2) is 18.3 Å². The molecular formula is C25H33F2N7O2. The van der Waals surface area contributed by atoms with E-state index in [1.165, 1.54) is 0 Å². The third kappa shape index (κ3) is 6.44. The molecule has 3 aromatic heterocycles. The van der Waals surface area contributed by atoms with Gasteiger partial charge in [-0.3, -0.25) is 14.3 Å². The summed E-state index contributed by atoms with van der Waals surface area (Å²) in [6.07, 6.45) is 6.75. The Balaban J connectivity index is 1.52. The standard InChI is InChI=1S/C25H33F2N7O2/c1-3-33-21(11-14-29-33)24(36)31-19(8-4-5-12-25(2,26)27)20-16-34-22(30-20)10-9-18(32-34)15-17-7-6-13-28-23(17)35/h9-11,14,16-17,19H,3-8,12-13,15H2,1-2H3,(H,28,35)(H,31,36). The summed E-state index contributed by atoms with van der Waals surface area (Å²) in [5, 5.41) is 14.7. The third-order valence-corrected chi connectivity index (χ3v) is 6.52. The SMILES string of the molecule is CCn1nccc1C(=O)NC(CCCCC(C)(F)F)c1cn2nc(CC3CCCNC3=O)ccc2n1. The first kappa shape index (κ1) is 25.7. The normalized spacial score (nSPS) is 17.2. The van der Waals surface area contributed by atoms with E-state index in [0.29, 0.717) is 55.8 Å². The van der Waals surface area contributed by atoms with Crippen molar-refractivity contribution in [1.29, 1.82) is 0 Å². The van der Waals surface area contributed by atoms with Crippen molar-refractivity contribution in [3.8, 4) is 0 Å². The minimum atomic E-state index is -2.72. The molecule has 36 heavy (non-hydrogen) atoms. The second-order valence-electron chi connectivity index (χ2n) is 9.50. The molecule has 2 amide bonds. The maximum Gasteiger partial charge on any atom is 0.270 e. The molecule has 0 bridgehead atoms. The molecule has 1 saturated heterocycles. The first-order chi connectivity index (χ1) is 17.2. The van der Waals surface area contributed by atoms with E-state index >= 15 is 0 Å². The van der Waals surface area contributed by atoms with Crippen molar-refractivity contribution in [2.75, 3.05) is 6.54 Å². The van der Waals surface area contributed by atoms with E-state index < -0.39 is 12.0 Å². The van der Waals surface area contributed by atoms with Gasteiger partial charge in [0.25, 0.3) is 5.91 Å². The summed E-state index contributed by atoms with van der Waals surface area (Å²) in [5.41, 5.74) is 2.43. The number of aryl methyl sites for hydroxylation is 1. The lowest BCUT2D eigenvalue weighted by atomic mass is 9.94. The minimum Gasteiger partial charge on any atom is -0.356 e. The Kier molecular flexibility index (Phi) is 7.95. The van der Waals surface area contributed by atoms with Crippen LogP contribution < -0.4 is 10.6 Å². The van der Waals surface area contributed by atoms with Crippen molar-refractivity contribution in [3.63, 3.8) is 0 Å². The number of nitrogens with one attached hydrogen (secondary N) is 2. The number of aromatic nitrogens is 5. The van der Waals surface area contributed by atoms with Gasteiger partial charge in [0.1, 0.15) is 5.69 Å². The largest absolute Gasteiger partial charge is 0.356 e. The highest BCUT2D eigenvalue weighted by Crippen LogP contribution is 2.25. The van der Waals surface area contributed by atoms with Gasteiger partial charge in [0.15, 0.2) is 5.65 Å². The molecule has 0 aromatic carbocycles. The van der Waals surface area contributed by atoms with Crippen LogP contribution in [0.3, 0.4) is 0 Å². The fraction of sp³-hybridized carbons (Fsp3) is 0.560. The van der Waals surface area contributed by atoms with Crippen LogP contribution >= 0.6 is 0 Å². The topological polar surface area (TPSA) is 106 Å². The fourth-order valence-electron chi connectivity index (χ4n) is 4.59. The number of hydrogen-bond acceptors (Lipinski definition) is 5. The predicted molar refractivity (Wildman–Crippen MR) is 130 cm³/mol. The van der Waals surface area contributed by atoms with Gasteiger partial charge in [-0.1, -0.05) is 6.42 Å². The van der Waals surface area contributed by atoms with Crippen LogP contribution in [-0.4, -0.2) is 48.7 Å². The monoisotopic (exact) mass is 501 g/mol. The van der Waals surface area contributed by atoms with Crippen molar-refractivity contribution in [1.82, 2.24) is 35.0 Å². The van der Waals surface area contributed by atoms with E-state index in [-0.39, 0.29) is 24.2 Å². The van der Waals surface area contributed by atoms with Gasteiger partial charge in [0, 0.05) is 38.0 Å². The molecular weight excluding hydrogens is 468 g/mol. The third-order valence-electron chi connectivity index (χ3n) is 6.52. The Morgan fingerprint density at radius 2 is 2.14 bits per heavy atom. The van der Waals surface area contributed by atoms with E-state index in [9.17, 15) is 18.4 Å². The van der Waals surface area contributed by atoms with E-state index in [0.717, 1.165) is 25.5 Å². The molecule has 4 rings (SSSR count). The number of nitrogens with zero attached hydrogens (tertiary/aromatic N) is 5. The van der Waals surface area contributed by atoms with Crippen molar-refractivity contribution in [2.45, 2.75) is 77.3 Å². The number of rotatable bonds is 11. The number of amides is 2. The van der Waals surface area contributed by atoms with Crippen LogP contribution in [0.15, 0.2) is 30.6 Å². The lowest BCUT2D eigenvalue weighted by Crippen LogP contribution is -2.37. The van der Waals surface area contributed by atoms with Crippen LogP contribution in [0.2, 0.25) is 0 Å². The lowest BCUT2D eigenvalue weighted by Gasteiger charge is -2.21. The first-order valence-corrected chi connectivity index (χ1v) is 12.6. The second-order valence-corrected chi connectivity index (χ2v) is 9.50. The van der Waals surface area contributed by atoms with E-state index in [2.05, 4.69) is 25.8 Å². The minimum absolute atomic E-state index is 0.0567. The number of piperidine rings is 1. The molecule has 4 heterocycles. The quantitative estimate of drug-likeness (QED) is 0.390. The molecule has 3 aromatic rings. The van der Waals surface area contributed by atoms with Gasteiger partial charge in [0.05, 0.1) is 23.6 Å². The molecule has 0 spiro atoms. The molecule has 9 nitrogen and oxygen atoms in total. The molecule has 1 fully saturated rings. The number of fused-ring (bicyclic) bond motifs is 1. The van der Waals surface area contributed by atoms with Gasteiger partial charge in [-0.05, 0) is 57.7 Å². The molecule has 0 saturated carbocycles. The number of carbonyl (C=O) groups is 2. The summed E-state index contributed by atoms with van der Waals surface area (Å²) >= 11 is 0. The lowest BCUT2D eigenvalue weighted by molar-refractivity contribution is -0.126. The molecule has 2 unspecified atom stereocenters. The Hall–Kier alpha value is -3.37. The molecule has 1 aliphatic heterocycles. The van der Waals surface area contributed by atoms with Crippen molar-refractivity contribution in [2.24, 2.45) is 5.92 Å². The molecule has 0 aliphatic carbocycles. The van der Waals surface area contributed by atoms with Crippen molar-refractivity contribution >= 4 is 17.5 Å². The van der Waals surface area contributed by atoms with Crippen LogP contribution in [0.1, 0.15) is 80.3 Å². The van der Waals surface area contributed by atoms with Crippen molar-refractivity contribution in [3.05, 3.63) is 47.7 Å². The Morgan fingerprint density at radius 1 is 1.31 bits per heavy atom. The zero-order valence-electron chi connectivity index (χ0n) is 20.7. The summed E-state index contributed by atoms with van der Waals surface area (Å²) in [5.74, 6) is -3.06. The zero-order valence-corrected chi connectivity index (χ0v) is 20.7. The van der Waals surface area contributed by atoms with Gasteiger partial charge in [-0.2, -0.15) is 10.2 Å².